The zero-order valence-electron chi connectivity index (χ0n) is 10.3. The van der Waals surface area contributed by atoms with E-state index in [1.165, 1.54) is 0 Å². The van der Waals surface area contributed by atoms with Crippen molar-refractivity contribution in [2.24, 2.45) is 0 Å². The average Bonchev–Trinajstić information content (AvgIpc) is 2.32. The molecule has 0 aliphatic carbocycles. The van der Waals surface area contributed by atoms with Crippen molar-refractivity contribution in [1.82, 2.24) is 0 Å². The summed E-state index contributed by atoms with van der Waals surface area (Å²) < 4.78 is 4.83. The minimum atomic E-state index is -1.30. The fourth-order valence-corrected chi connectivity index (χ4v) is 1.91. The summed E-state index contributed by atoms with van der Waals surface area (Å²) in [5.41, 5.74) is 3.93. The Morgan fingerprint density at radius 2 is 1.78 bits per heavy atom. The maximum atomic E-state index is 10.7. The minimum absolute atomic E-state index is 0.363. The largest absolute Gasteiger partial charge is 0.511 e. The topological polar surface area (TPSA) is 46.5 Å². The molecule has 3 nitrogen and oxygen atoms in total. The van der Waals surface area contributed by atoms with Crippen LogP contribution >= 0.6 is 0 Å². The maximum absolute atomic E-state index is 10.7. The van der Waals surface area contributed by atoms with Crippen LogP contribution in [-0.2, 0) is 0 Å². The molecule has 92 valence electrons. The van der Waals surface area contributed by atoms with Crippen LogP contribution in [0.5, 0.6) is 5.75 Å². The lowest BCUT2D eigenvalue weighted by atomic mass is 9.98. The number of carboxylic acid groups (broad SMARTS) is 1. The van der Waals surface area contributed by atoms with Gasteiger partial charge in [-0.1, -0.05) is 35.9 Å². The molecule has 0 heterocycles. The Hall–Kier alpha value is -2.29. The van der Waals surface area contributed by atoms with Gasteiger partial charge < -0.3 is 9.84 Å². The Morgan fingerprint density at radius 3 is 2.44 bits per heavy atom. The van der Waals surface area contributed by atoms with Crippen LogP contribution in [0.4, 0.5) is 4.79 Å². The number of hydrogen-bond acceptors (Lipinski definition) is 2. The van der Waals surface area contributed by atoms with Gasteiger partial charge in [0, 0.05) is 5.56 Å². The fourth-order valence-electron chi connectivity index (χ4n) is 1.91. The molecule has 0 atom stereocenters. The van der Waals surface area contributed by atoms with Gasteiger partial charge in [-0.05, 0) is 37.1 Å². The van der Waals surface area contributed by atoms with Crippen molar-refractivity contribution in [3.63, 3.8) is 0 Å². The summed E-state index contributed by atoms with van der Waals surface area (Å²) in [7, 11) is 0. The van der Waals surface area contributed by atoms with Gasteiger partial charge in [-0.2, -0.15) is 0 Å². The maximum Gasteiger partial charge on any atom is 0.511 e. The molecule has 0 saturated carbocycles. The molecule has 0 aliphatic heterocycles. The third-order valence-corrected chi connectivity index (χ3v) is 2.77. The number of benzene rings is 2. The summed E-state index contributed by atoms with van der Waals surface area (Å²) in [4.78, 5) is 10.7. The van der Waals surface area contributed by atoms with Crippen LogP contribution in [0.15, 0.2) is 42.5 Å². The number of hydrogen-bond donors (Lipinski definition) is 1. The molecule has 0 radical (unpaired) electrons. The molecule has 0 spiro atoms. The SMILES string of the molecule is Cc1ccc(OC(=O)O)c(-c2ccccc2C)c1. The smallest absolute Gasteiger partial charge is 0.449 e. The zero-order chi connectivity index (χ0) is 13.1. The van der Waals surface area contributed by atoms with Crippen molar-refractivity contribution in [1.29, 1.82) is 0 Å². The molecule has 3 heteroatoms. The van der Waals surface area contributed by atoms with Gasteiger partial charge >= 0.3 is 6.16 Å². The molecular weight excluding hydrogens is 228 g/mol. The standard InChI is InChI=1S/C15H14O3/c1-10-7-8-14(18-15(16)17)13(9-10)12-6-4-3-5-11(12)2/h3-9H,1-2H3,(H,16,17). The molecule has 0 bridgehead atoms. The summed E-state index contributed by atoms with van der Waals surface area (Å²) >= 11 is 0. The normalized spacial score (nSPS) is 10.1. The first-order chi connectivity index (χ1) is 8.58. The number of aryl methyl sites for hydroxylation is 2. The van der Waals surface area contributed by atoms with Gasteiger partial charge in [-0.15, -0.1) is 0 Å². The Labute approximate surface area is 106 Å². The Morgan fingerprint density at radius 1 is 1.06 bits per heavy atom. The van der Waals surface area contributed by atoms with E-state index in [2.05, 4.69) is 0 Å². The van der Waals surface area contributed by atoms with Crippen molar-refractivity contribution in [2.45, 2.75) is 13.8 Å². The Balaban J connectivity index is 2.58. The summed E-state index contributed by atoms with van der Waals surface area (Å²) in [6.07, 6.45) is -1.30. The summed E-state index contributed by atoms with van der Waals surface area (Å²) in [6.45, 7) is 3.95. The van der Waals surface area contributed by atoms with E-state index in [0.717, 1.165) is 22.3 Å². The third-order valence-electron chi connectivity index (χ3n) is 2.77. The highest BCUT2D eigenvalue weighted by Gasteiger charge is 2.11. The molecule has 0 aromatic heterocycles. The van der Waals surface area contributed by atoms with E-state index in [4.69, 9.17) is 9.84 Å². The zero-order valence-corrected chi connectivity index (χ0v) is 10.3. The first-order valence-corrected chi connectivity index (χ1v) is 5.65. The molecule has 1 N–H and O–H groups in total. The van der Waals surface area contributed by atoms with Crippen molar-refractivity contribution >= 4 is 6.16 Å². The molecule has 0 unspecified atom stereocenters. The number of ether oxygens (including phenoxy) is 1. The van der Waals surface area contributed by atoms with Gasteiger partial charge in [0.1, 0.15) is 5.75 Å². The van der Waals surface area contributed by atoms with Crippen molar-refractivity contribution in [3.8, 4) is 16.9 Å². The van der Waals surface area contributed by atoms with Crippen LogP contribution in [0, 0.1) is 13.8 Å². The van der Waals surface area contributed by atoms with Crippen LogP contribution < -0.4 is 4.74 Å². The van der Waals surface area contributed by atoms with E-state index in [1.54, 1.807) is 6.07 Å². The molecule has 0 aliphatic rings. The van der Waals surface area contributed by atoms with Crippen molar-refractivity contribution < 1.29 is 14.6 Å². The second-order valence-electron chi connectivity index (χ2n) is 4.18. The lowest BCUT2D eigenvalue weighted by molar-refractivity contribution is 0.144. The molecular formula is C15H14O3. The van der Waals surface area contributed by atoms with Crippen LogP contribution in [-0.4, -0.2) is 11.3 Å². The van der Waals surface area contributed by atoms with E-state index in [-0.39, 0.29) is 0 Å². The first-order valence-electron chi connectivity index (χ1n) is 5.65. The second-order valence-corrected chi connectivity index (χ2v) is 4.18. The molecule has 2 aromatic carbocycles. The van der Waals surface area contributed by atoms with Crippen molar-refractivity contribution in [2.75, 3.05) is 0 Å². The van der Waals surface area contributed by atoms with Crippen LogP contribution in [0.3, 0.4) is 0 Å². The summed E-state index contributed by atoms with van der Waals surface area (Å²) in [6, 6.07) is 13.3. The van der Waals surface area contributed by atoms with E-state index in [0.29, 0.717) is 5.75 Å². The van der Waals surface area contributed by atoms with Gasteiger partial charge in [0.2, 0.25) is 0 Å². The van der Waals surface area contributed by atoms with E-state index >= 15 is 0 Å². The van der Waals surface area contributed by atoms with Gasteiger partial charge in [0.25, 0.3) is 0 Å². The Kier molecular flexibility index (Phi) is 3.33. The highest BCUT2D eigenvalue weighted by Crippen LogP contribution is 2.33. The summed E-state index contributed by atoms with van der Waals surface area (Å²) in [5.74, 6) is 0.363. The van der Waals surface area contributed by atoms with Crippen LogP contribution in [0.1, 0.15) is 11.1 Å². The molecule has 0 saturated heterocycles. The van der Waals surface area contributed by atoms with Gasteiger partial charge in [-0.3, -0.25) is 0 Å². The van der Waals surface area contributed by atoms with E-state index < -0.39 is 6.16 Å². The predicted octanol–water partition coefficient (Wildman–Crippen LogP) is 4.03. The number of carbonyl (C=O) groups is 1. The van der Waals surface area contributed by atoms with Crippen molar-refractivity contribution in [3.05, 3.63) is 53.6 Å². The summed E-state index contributed by atoms with van der Waals surface area (Å²) in [5, 5.41) is 8.75. The number of rotatable bonds is 2. The van der Waals surface area contributed by atoms with Crippen LogP contribution in [0.2, 0.25) is 0 Å². The molecule has 2 rings (SSSR count). The van der Waals surface area contributed by atoms with Gasteiger partial charge in [0.05, 0.1) is 0 Å². The van der Waals surface area contributed by atoms with Crippen LogP contribution in [0.25, 0.3) is 11.1 Å². The third kappa shape index (κ3) is 2.51. The molecule has 0 amide bonds. The van der Waals surface area contributed by atoms with E-state index in [1.807, 2.05) is 50.2 Å². The second kappa shape index (κ2) is 4.92. The fraction of sp³-hybridized carbons (Fsp3) is 0.133. The van der Waals surface area contributed by atoms with E-state index in [9.17, 15) is 4.79 Å². The highest BCUT2D eigenvalue weighted by molar-refractivity contribution is 5.76. The molecule has 18 heavy (non-hydrogen) atoms. The lowest BCUT2D eigenvalue weighted by Crippen LogP contribution is -2.04. The Bertz CT molecular complexity index is 588. The minimum Gasteiger partial charge on any atom is -0.449 e. The average molecular weight is 242 g/mol. The first kappa shape index (κ1) is 12.2. The predicted molar refractivity (Wildman–Crippen MR) is 70.0 cm³/mol. The monoisotopic (exact) mass is 242 g/mol. The van der Waals surface area contributed by atoms with Gasteiger partial charge in [0.15, 0.2) is 0 Å². The highest BCUT2D eigenvalue weighted by atomic mass is 16.7. The lowest BCUT2D eigenvalue weighted by Gasteiger charge is -2.11. The quantitative estimate of drug-likeness (QED) is 0.639. The molecule has 2 aromatic rings. The van der Waals surface area contributed by atoms with Gasteiger partial charge in [-0.25, -0.2) is 4.79 Å². The molecule has 0 fully saturated rings.